The van der Waals surface area contributed by atoms with Crippen LogP contribution in [-0.4, -0.2) is 16.6 Å². The van der Waals surface area contributed by atoms with Crippen molar-refractivity contribution in [3.63, 3.8) is 0 Å². The number of rotatable bonds is 1. The molecule has 4 rings (SSSR count). The number of aromatic nitrogens is 1. The van der Waals surface area contributed by atoms with Gasteiger partial charge in [-0.25, -0.2) is 4.98 Å². The normalized spacial score (nSPS) is 14.4. The molecule has 0 saturated carbocycles. The second kappa shape index (κ2) is 5.03. The maximum Gasteiger partial charge on any atom is 0.186 e. The highest BCUT2D eigenvalue weighted by Crippen LogP contribution is 2.31. The Hall–Kier alpha value is -3.47. The van der Waals surface area contributed by atoms with Crippen molar-refractivity contribution in [2.75, 3.05) is 11.5 Å². The topological polar surface area (TPSA) is 99.1 Å². The number of fused-ring (bicyclic) bond motifs is 2. The summed E-state index contributed by atoms with van der Waals surface area (Å²) in [6.45, 7) is 0. The summed E-state index contributed by atoms with van der Waals surface area (Å²) in [7, 11) is 0. The van der Waals surface area contributed by atoms with Gasteiger partial charge in [-0.15, -0.1) is 0 Å². The Labute approximate surface area is 137 Å². The molecule has 2 aromatic carbocycles. The van der Waals surface area contributed by atoms with Crippen molar-refractivity contribution in [3.8, 4) is 0 Å². The van der Waals surface area contributed by atoms with Crippen molar-refractivity contribution in [1.29, 1.82) is 0 Å². The fourth-order valence-electron chi connectivity index (χ4n) is 2.91. The van der Waals surface area contributed by atoms with Crippen molar-refractivity contribution in [3.05, 3.63) is 60.2 Å². The average Bonchev–Trinajstić information content (AvgIpc) is 2.54. The van der Waals surface area contributed by atoms with Gasteiger partial charge in [-0.1, -0.05) is 6.07 Å². The van der Waals surface area contributed by atoms with E-state index in [2.05, 4.69) is 4.98 Å². The molecule has 0 radical (unpaired) electrons. The van der Waals surface area contributed by atoms with Crippen LogP contribution in [0, 0.1) is 0 Å². The van der Waals surface area contributed by atoms with E-state index in [1.54, 1.807) is 24.3 Å². The Kier molecular flexibility index (Phi) is 2.96. The Balaban J connectivity index is 2.07. The van der Waals surface area contributed by atoms with Crippen molar-refractivity contribution < 1.29 is 9.59 Å². The average molecular weight is 315 g/mol. The zero-order chi connectivity index (χ0) is 16.8. The van der Waals surface area contributed by atoms with E-state index in [-0.39, 0.29) is 11.6 Å². The van der Waals surface area contributed by atoms with Crippen LogP contribution in [0.3, 0.4) is 0 Å². The van der Waals surface area contributed by atoms with Gasteiger partial charge in [0.1, 0.15) is 0 Å². The maximum absolute atomic E-state index is 12.2. The van der Waals surface area contributed by atoms with Crippen molar-refractivity contribution in [2.45, 2.75) is 0 Å². The van der Waals surface area contributed by atoms with Crippen LogP contribution in [0.2, 0.25) is 0 Å². The fourth-order valence-corrected chi connectivity index (χ4v) is 2.91. The quantitative estimate of drug-likeness (QED) is 0.408. The lowest BCUT2D eigenvalue weighted by Gasteiger charge is -2.12. The lowest BCUT2D eigenvalue weighted by Crippen LogP contribution is -2.07. The third-order valence-corrected chi connectivity index (χ3v) is 4.02. The van der Waals surface area contributed by atoms with Crippen LogP contribution < -0.4 is 11.5 Å². The van der Waals surface area contributed by atoms with Gasteiger partial charge in [0.25, 0.3) is 0 Å². The van der Waals surface area contributed by atoms with Crippen LogP contribution in [-0.2, 0) is 9.59 Å². The molecule has 0 spiro atoms. The molecule has 116 valence electrons. The van der Waals surface area contributed by atoms with E-state index in [0.29, 0.717) is 28.0 Å². The Bertz CT molecular complexity index is 1110. The lowest BCUT2D eigenvalue weighted by molar-refractivity contribution is -0.113. The molecule has 5 heteroatoms. The second-order valence-corrected chi connectivity index (χ2v) is 5.73. The summed E-state index contributed by atoms with van der Waals surface area (Å²) in [5, 5.41) is 1.66. The monoisotopic (exact) mass is 315 g/mol. The van der Waals surface area contributed by atoms with Crippen LogP contribution in [0.4, 0.5) is 11.4 Å². The first kappa shape index (κ1) is 14.1. The smallest absolute Gasteiger partial charge is 0.186 e. The number of nitrogens with zero attached hydrogens (tertiary/aromatic N) is 1. The summed E-state index contributed by atoms with van der Waals surface area (Å²) in [5.41, 5.74) is 15.2. The Morgan fingerprint density at radius 3 is 2.46 bits per heavy atom. The third kappa shape index (κ3) is 2.23. The van der Waals surface area contributed by atoms with E-state index in [0.717, 1.165) is 16.3 Å². The number of benzene rings is 2. The van der Waals surface area contributed by atoms with Gasteiger partial charge >= 0.3 is 0 Å². The van der Waals surface area contributed by atoms with E-state index in [1.165, 1.54) is 18.2 Å². The van der Waals surface area contributed by atoms with Crippen LogP contribution in [0.1, 0.15) is 5.56 Å². The number of anilines is 2. The molecule has 0 aliphatic heterocycles. The number of ketones is 2. The van der Waals surface area contributed by atoms with E-state index in [9.17, 15) is 9.59 Å². The first-order chi connectivity index (χ1) is 11.5. The number of hydrogen-bond acceptors (Lipinski definition) is 5. The summed E-state index contributed by atoms with van der Waals surface area (Å²) >= 11 is 0. The minimum absolute atomic E-state index is 0.221. The first-order valence-electron chi connectivity index (χ1n) is 7.39. The summed E-state index contributed by atoms with van der Waals surface area (Å²) in [6, 6.07) is 10.8. The zero-order valence-corrected chi connectivity index (χ0v) is 12.6. The highest BCUT2D eigenvalue weighted by atomic mass is 16.1. The largest absolute Gasteiger partial charge is 0.399 e. The molecule has 1 aromatic heterocycles. The van der Waals surface area contributed by atoms with Crippen LogP contribution in [0.15, 0.2) is 54.6 Å². The third-order valence-electron chi connectivity index (χ3n) is 4.02. The molecule has 0 unspecified atom stereocenters. The Morgan fingerprint density at radius 1 is 0.833 bits per heavy atom. The van der Waals surface area contributed by atoms with Gasteiger partial charge in [0, 0.05) is 27.7 Å². The number of nitrogen functional groups attached to an aromatic ring is 2. The molecule has 4 N–H and O–H groups in total. The molecule has 1 aliphatic carbocycles. The Morgan fingerprint density at radius 2 is 1.62 bits per heavy atom. The predicted octanol–water partition coefficient (Wildman–Crippen LogP) is 2.64. The molecule has 0 bridgehead atoms. The van der Waals surface area contributed by atoms with Gasteiger partial charge in [-0.05, 0) is 54.1 Å². The van der Waals surface area contributed by atoms with Gasteiger partial charge in [-0.2, -0.15) is 0 Å². The second-order valence-electron chi connectivity index (χ2n) is 5.73. The highest BCUT2D eigenvalue weighted by molar-refractivity contribution is 6.35. The summed E-state index contributed by atoms with van der Waals surface area (Å²) in [6.07, 6.45) is 3.88. The molecule has 0 atom stereocenters. The van der Waals surface area contributed by atoms with Gasteiger partial charge in [0.15, 0.2) is 11.6 Å². The van der Waals surface area contributed by atoms with Crippen LogP contribution in [0.25, 0.3) is 27.4 Å². The molecular formula is C19H13N3O2. The number of carbonyl (C=O) groups is 2. The van der Waals surface area contributed by atoms with E-state index >= 15 is 0 Å². The molecule has 0 fully saturated rings. The van der Waals surface area contributed by atoms with Gasteiger partial charge < -0.3 is 11.5 Å². The van der Waals surface area contributed by atoms with E-state index in [1.807, 2.05) is 12.1 Å². The number of carbonyl (C=O) groups excluding carboxylic acids is 2. The fraction of sp³-hybridized carbons (Fsp3) is 0. The van der Waals surface area contributed by atoms with Crippen LogP contribution >= 0.6 is 0 Å². The molecule has 5 nitrogen and oxygen atoms in total. The summed E-state index contributed by atoms with van der Waals surface area (Å²) < 4.78 is 0. The lowest BCUT2D eigenvalue weighted by atomic mass is 9.92. The molecule has 1 aliphatic rings. The number of pyridine rings is 1. The summed E-state index contributed by atoms with van der Waals surface area (Å²) in [4.78, 5) is 28.5. The van der Waals surface area contributed by atoms with Crippen LogP contribution in [0.5, 0.6) is 0 Å². The standard InChI is InChI=1S/C19H13N3O2/c20-11-2-1-10-5-15-14(16-9-13(23)3-4-19(16)24)6-12(21)8-18(15)22-17(10)7-11/h1-9H,20-21H2. The van der Waals surface area contributed by atoms with E-state index in [4.69, 9.17) is 11.5 Å². The molecule has 1 heterocycles. The van der Waals surface area contributed by atoms with Crippen molar-refractivity contribution >= 4 is 50.3 Å². The predicted molar refractivity (Wildman–Crippen MR) is 95.2 cm³/mol. The number of hydrogen-bond donors (Lipinski definition) is 2. The van der Waals surface area contributed by atoms with Crippen molar-refractivity contribution in [2.24, 2.45) is 0 Å². The zero-order valence-electron chi connectivity index (χ0n) is 12.6. The maximum atomic E-state index is 12.2. The molecule has 0 amide bonds. The number of nitrogens with two attached hydrogens (primary N) is 2. The summed E-state index contributed by atoms with van der Waals surface area (Å²) in [5.74, 6) is -0.444. The molecule has 3 aromatic rings. The van der Waals surface area contributed by atoms with E-state index < -0.39 is 0 Å². The highest BCUT2D eigenvalue weighted by Gasteiger charge is 2.18. The van der Waals surface area contributed by atoms with Gasteiger partial charge in [0.05, 0.1) is 11.0 Å². The minimum atomic E-state index is -0.223. The molecule has 24 heavy (non-hydrogen) atoms. The van der Waals surface area contributed by atoms with Crippen molar-refractivity contribution in [1.82, 2.24) is 4.98 Å². The SMILES string of the molecule is Nc1ccc2cc3c(C4=CC(=O)C=CC4=O)cc(N)cc3nc2c1. The van der Waals surface area contributed by atoms with Gasteiger partial charge in [-0.3, -0.25) is 9.59 Å². The first-order valence-corrected chi connectivity index (χ1v) is 7.39. The minimum Gasteiger partial charge on any atom is -0.399 e. The van der Waals surface area contributed by atoms with Gasteiger partial charge in [0.2, 0.25) is 0 Å². The number of allylic oxidation sites excluding steroid dienone is 4. The molecular weight excluding hydrogens is 302 g/mol. The molecule has 0 saturated heterocycles.